The summed E-state index contributed by atoms with van der Waals surface area (Å²) in [5.74, 6) is 1.55. The molecule has 0 amide bonds. The van der Waals surface area contributed by atoms with Crippen molar-refractivity contribution in [1.82, 2.24) is 14.6 Å². The Morgan fingerprint density at radius 2 is 2.47 bits per heavy atom. The van der Waals surface area contributed by atoms with Crippen molar-refractivity contribution in [2.24, 2.45) is 5.92 Å². The van der Waals surface area contributed by atoms with Crippen LogP contribution in [0.5, 0.6) is 0 Å². The van der Waals surface area contributed by atoms with Gasteiger partial charge in [-0.15, -0.1) is 5.10 Å². The maximum atomic E-state index is 4.48. The molecule has 4 nitrogen and oxygen atoms in total. The summed E-state index contributed by atoms with van der Waals surface area (Å²) in [4.78, 5) is 4.48. The average Bonchev–Trinajstić information content (AvgIpc) is 2.88. The highest BCUT2D eigenvalue weighted by molar-refractivity contribution is 9.10. The van der Waals surface area contributed by atoms with Crippen LogP contribution in [-0.2, 0) is 0 Å². The first-order valence-corrected chi connectivity index (χ1v) is 6.84. The lowest BCUT2D eigenvalue weighted by molar-refractivity contribution is 0.691. The van der Waals surface area contributed by atoms with Gasteiger partial charge in [0.15, 0.2) is 5.65 Å². The first kappa shape index (κ1) is 11.0. The van der Waals surface area contributed by atoms with E-state index in [2.05, 4.69) is 38.3 Å². The number of rotatable bonds is 4. The Morgan fingerprint density at radius 3 is 3.24 bits per heavy atom. The summed E-state index contributed by atoms with van der Waals surface area (Å²) in [5, 5.41) is 7.82. The van der Waals surface area contributed by atoms with E-state index in [9.17, 15) is 0 Å². The second-order valence-electron chi connectivity index (χ2n) is 4.59. The highest BCUT2D eigenvalue weighted by Crippen LogP contribution is 2.36. The molecule has 0 aliphatic heterocycles. The molecule has 0 radical (unpaired) electrons. The van der Waals surface area contributed by atoms with Crippen molar-refractivity contribution in [3.05, 3.63) is 22.8 Å². The van der Waals surface area contributed by atoms with E-state index in [1.165, 1.54) is 19.3 Å². The van der Waals surface area contributed by atoms with Gasteiger partial charge in [-0.25, -0.2) is 4.52 Å². The summed E-state index contributed by atoms with van der Waals surface area (Å²) in [6.07, 6.45) is 5.72. The molecular formula is C12H15BrN4. The third kappa shape index (κ3) is 2.16. The molecule has 1 N–H and O–H groups in total. The van der Waals surface area contributed by atoms with Crippen molar-refractivity contribution in [1.29, 1.82) is 0 Å². The van der Waals surface area contributed by atoms with E-state index in [1.807, 2.05) is 18.3 Å². The van der Waals surface area contributed by atoms with Crippen LogP contribution in [0, 0.1) is 5.92 Å². The maximum Gasteiger partial charge on any atom is 0.243 e. The third-order valence-corrected chi connectivity index (χ3v) is 3.83. The Morgan fingerprint density at radius 1 is 1.59 bits per heavy atom. The van der Waals surface area contributed by atoms with Crippen molar-refractivity contribution < 1.29 is 0 Å². The smallest absolute Gasteiger partial charge is 0.243 e. The van der Waals surface area contributed by atoms with E-state index in [1.54, 1.807) is 4.52 Å². The molecule has 90 valence electrons. The van der Waals surface area contributed by atoms with Crippen LogP contribution >= 0.6 is 15.9 Å². The summed E-state index contributed by atoms with van der Waals surface area (Å²) < 4.78 is 2.77. The van der Waals surface area contributed by atoms with E-state index in [-0.39, 0.29) is 0 Å². The lowest BCUT2D eigenvalue weighted by Gasteiger charge is -1.98. The molecule has 17 heavy (non-hydrogen) atoms. The van der Waals surface area contributed by atoms with Gasteiger partial charge in [-0.05, 0) is 46.8 Å². The molecule has 2 heterocycles. The average molecular weight is 295 g/mol. The van der Waals surface area contributed by atoms with Gasteiger partial charge in [0, 0.05) is 12.2 Å². The molecule has 1 aliphatic rings. The largest absolute Gasteiger partial charge is 0.350 e. The van der Waals surface area contributed by atoms with E-state index in [0.717, 1.165) is 22.0 Å². The second kappa shape index (κ2) is 4.29. The molecule has 2 aromatic rings. The number of hydrogen-bond acceptors (Lipinski definition) is 3. The van der Waals surface area contributed by atoms with Crippen LogP contribution < -0.4 is 5.32 Å². The molecule has 1 aliphatic carbocycles. The minimum Gasteiger partial charge on any atom is -0.350 e. The molecule has 0 spiro atoms. The normalized spacial score (nSPS) is 22.9. The molecular weight excluding hydrogens is 280 g/mol. The fourth-order valence-electron chi connectivity index (χ4n) is 2.21. The third-order valence-electron chi connectivity index (χ3n) is 3.21. The number of anilines is 1. The Hall–Kier alpha value is -1.10. The number of pyridine rings is 1. The van der Waals surface area contributed by atoms with Crippen molar-refractivity contribution in [2.75, 3.05) is 5.32 Å². The number of hydrogen-bond donors (Lipinski definition) is 1. The van der Waals surface area contributed by atoms with Crippen LogP contribution in [0.25, 0.3) is 5.65 Å². The van der Waals surface area contributed by atoms with Gasteiger partial charge in [-0.3, -0.25) is 0 Å². The second-order valence-corrected chi connectivity index (χ2v) is 5.45. The van der Waals surface area contributed by atoms with Crippen LogP contribution in [0.2, 0.25) is 0 Å². The monoisotopic (exact) mass is 294 g/mol. The highest BCUT2D eigenvalue weighted by Gasteiger charge is 2.36. The zero-order valence-corrected chi connectivity index (χ0v) is 11.3. The van der Waals surface area contributed by atoms with Crippen molar-refractivity contribution in [2.45, 2.75) is 32.2 Å². The number of aromatic nitrogens is 3. The van der Waals surface area contributed by atoms with Crippen molar-refractivity contribution in [3.8, 4) is 0 Å². The van der Waals surface area contributed by atoms with E-state index in [4.69, 9.17) is 0 Å². The lowest BCUT2D eigenvalue weighted by atomic mass is 10.2. The standard InChI is InChI=1S/C12H15BrN4/c1-2-4-8-7-10(8)14-12-15-11-9(13)5-3-6-17(11)16-12/h3,5-6,8,10H,2,4,7H2,1H3,(H,14,16). The zero-order chi connectivity index (χ0) is 11.8. The summed E-state index contributed by atoms with van der Waals surface area (Å²) in [6, 6.07) is 4.50. The van der Waals surface area contributed by atoms with Gasteiger partial charge in [0.25, 0.3) is 0 Å². The molecule has 1 fully saturated rings. The van der Waals surface area contributed by atoms with Gasteiger partial charge in [0.2, 0.25) is 5.95 Å². The SMILES string of the molecule is CCCC1CC1Nc1nc2c(Br)cccn2n1. The van der Waals surface area contributed by atoms with Gasteiger partial charge in [-0.2, -0.15) is 4.98 Å². The van der Waals surface area contributed by atoms with Crippen LogP contribution in [0.3, 0.4) is 0 Å². The molecule has 0 aromatic carbocycles. The number of nitrogens with zero attached hydrogens (tertiary/aromatic N) is 3. The summed E-state index contributed by atoms with van der Waals surface area (Å²) in [5.41, 5.74) is 0.864. The Bertz CT molecular complexity index is 536. The summed E-state index contributed by atoms with van der Waals surface area (Å²) in [6.45, 7) is 2.23. The van der Waals surface area contributed by atoms with E-state index in [0.29, 0.717) is 6.04 Å². The predicted molar refractivity (Wildman–Crippen MR) is 71.1 cm³/mol. The molecule has 3 rings (SSSR count). The summed E-state index contributed by atoms with van der Waals surface area (Å²) in [7, 11) is 0. The van der Waals surface area contributed by atoms with Crippen LogP contribution in [0.4, 0.5) is 5.95 Å². The van der Waals surface area contributed by atoms with Gasteiger partial charge in [0.05, 0.1) is 4.47 Å². The number of halogens is 1. The fraction of sp³-hybridized carbons (Fsp3) is 0.500. The first-order chi connectivity index (χ1) is 8.28. The molecule has 2 atom stereocenters. The van der Waals surface area contributed by atoms with Crippen molar-refractivity contribution >= 4 is 27.5 Å². The number of fused-ring (bicyclic) bond motifs is 1. The first-order valence-electron chi connectivity index (χ1n) is 6.05. The van der Waals surface area contributed by atoms with Crippen LogP contribution in [-0.4, -0.2) is 20.6 Å². The molecule has 1 saturated carbocycles. The van der Waals surface area contributed by atoms with Gasteiger partial charge >= 0.3 is 0 Å². The van der Waals surface area contributed by atoms with Gasteiger partial charge < -0.3 is 5.32 Å². The zero-order valence-electron chi connectivity index (χ0n) is 9.73. The van der Waals surface area contributed by atoms with E-state index < -0.39 is 0 Å². The minimum absolute atomic E-state index is 0.575. The van der Waals surface area contributed by atoms with E-state index >= 15 is 0 Å². The Labute approximate surface area is 109 Å². The maximum absolute atomic E-state index is 4.48. The predicted octanol–water partition coefficient (Wildman–Crippen LogP) is 3.09. The molecule has 2 unspecified atom stereocenters. The summed E-state index contributed by atoms with van der Waals surface area (Å²) >= 11 is 3.48. The molecule has 0 saturated heterocycles. The Kier molecular flexibility index (Phi) is 2.78. The van der Waals surface area contributed by atoms with Gasteiger partial charge in [0.1, 0.15) is 0 Å². The highest BCUT2D eigenvalue weighted by atomic mass is 79.9. The number of nitrogens with one attached hydrogen (secondary N) is 1. The van der Waals surface area contributed by atoms with Crippen molar-refractivity contribution in [3.63, 3.8) is 0 Å². The fourth-order valence-corrected chi connectivity index (χ4v) is 2.64. The van der Waals surface area contributed by atoms with Crippen LogP contribution in [0.15, 0.2) is 22.8 Å². The lowest BCUT2D eigenvalue weighted by Crippen LogP contribution is -2.06. The molecule has 0 bridgehead atoms. The topological polar surface area (TPSA) is 42.2 Å². The Balaban J connectivity index is 1.76. The quantitative estimate of drug-likeness (QED) is 0.942. The molecule has 5 heteroatoms. The minimum atomic E-state index is 0.575. The molecule has 2 aromatic heterocycles. The van der Waals surface area contributed by atoms with Gasteiger partial charge in [-0.1, -0.05) is 13.3 Å². The van der Waals surface area contributed by atoms with Crippen LogP contribution in [0.1, 0.15) is 26.2 Å².